The van der Waals surface area contributed by atoms with E-state index in [9.17, 15) is 23.6 Å². The van der Waals surface area contributed by atoms with E-state index in [4.69, 9.17) is 15.2 Å². The van der Waals surface area contributed by atoms with Crippen LogP contribution in [0.25, 0.3) is 0 Å². The number of para-hydroxylation sites is 1. The standard InChI is InChI=1S/C19H14FN3O6/c20-10-6-7-13-12(8-10)19(9-14(29-13)15(21)24)16(25)22-17(26)23(19)18(27)28-11-4-2-1-3-5-11/h1-8,14H,9H2,(H2,21,24)(H,22,25,26). The quantitative estimate of drug-likeness (QED) is 0.735. The number of halogens is 1. The molecule has 2 atom stereocenters. The molecule has 0 bridgehead atoms. The summed E-state index contributed by atoms with van der Waals surface area (Å²) in [6.45, 7) is 0. The van der Waals surface area contributed by atoms with Gasteiger partial charge < -0.3 is 15.2 Å². The molecule has 2 aromatic carbocycles. The number of hydrogen-bond donors (Lipinski definition) is 2. The monoisotopic (exact) mass is 399 g/mol. The minimum absolute atomic E-state index is 0.0520. The number of nitrogens with zero attached hydrogens (tertiary/aromatic N) is 1. The highest BCUT2D eigenvalue weighted by atomic mass is 19.1. The summed E-state index contributed by atoms with van der Waals surface area (Å²) in [7, 11) is 0. The van der Waals surface area contributed by atoms with Gasteiger partial charge in [0.15, 0.2) is 11.6 Å². The van der Waals surface area contributed by atoms with Crippen LogP contribution in [0.3, 0.4) is 0 Å². The fourth-order valence-corrected chi connectivity index (χ4v) is 3.49. The molecular weight excluding hydrogens is 385 g/mol. The summed E-state index contributed by atoms with van der Waals surface area (Å²) in [6.07, 6.45) is -3.00. The first kappa shape index (κ1) is 18.4. The second kappa shape index (κ2) is 6.59. The molecular formula is C19H14FN3O6. The predicted octanol–water partition coefficient (Wildman–Crippen LogP) is 1.41. The number of fused-ring (bicyclic) bond motifs is 2. The van der Waals surface area contributed by atoms with Crippen molar-refractivity contribution in [2.24, 2.45) is 5.73 Å². The van der Waals surface area contributed by atoms with Crippen molar-refractivity contribution >= 4 is 23.9 Å². The fourth-order valence-electron chi connectivity index (χ4n) is 3.49. The molecule has 1 fully saturated rings. The first-order chi connectivity index (χ1) is 13.8. The van der Waals surface area contributed by atoms with Gasteiger partial charge in [0.1, 0.15) is 17.3 Å². The van der Waals surface area contributed by atoms with E-state index in [0.29, 0.717) is 4.90 Å². The van der Waals surface area contributed by atoms with Gasteiger partial charge in [-0.2, -0.15) is 0 Å². The molecule has 10 heteroatoms. The molecule has 5 amide bonds. The molecule has 9 nitrogen and oxygen atoms in total. The van der Waals surface area contributed by atoms with Gasteiger partial charge in [0.25, 0.3) is 11.8 Å². The van der Waals surface area contributed by atoms with Crippen molar-refractivity contribution in [3.05, 3.63) is 59.9 Å². The van der Waals surface area contributed by atoms with Gasteiger partial charge in [0.2, 0.25) is 0 Å². The zero-order chi connectivity index (χ0) is 20.8. The maximum absolute atomic E-state index is 14.0. The van der Waals surface area contributed by atoms with Gasteiger partial charge in [-0.05, 0) is 30.3 Å². The minimum Gasteiger partial charge on any atom is -0.480 e. The number of carbonyl (C=O) groups is 4. The average molecular weight is 399 g/mol. The SMILES string of the molecule is NC(=O)C1CC2(C(=O)NC(=O)N2C(=O)Oc2ccccc2)c2cc(F)ccc2O1. The van der Waals surface area contributed by atoms with Gasteiger partial charge in [-0.1, -0.05) is 18.2 Å². The highest BCUT2D eigenvalue weighted by Gasteiger charge is 2.62. The van der Waals surface area contributed by atoms with Crippen LogP contribution in [0, 0.1) is 5.82 Å². The van der Waals surface area contributed by atoms with Crippen molar-refractivity contribution in [2.75, 3.05) is 0 Å². The zero-order valence-corrected chi connectivity index (χ0v) is 14.8. The molecule has 148 valence electrons. The first-order valence-electron chi connectivity index (χ1n) is 8.51. The van der Waals surface area contributed by atoms with Crippen LogP contribution in [0.1, 0.15) is 12.0 Å². The normalized spacial score (nSPS) is 22.7. The van der Waals surface area contributed by atoms with Gasteiger partial charge in [-0.25, -0.2) is 18.9 Å². The number of hydrogen-bond acceptors (Lipinski definition) is 6. The predicted molar refractivity (Wildman–Crippen MR) is 94.1 cm³/mol. The number of rotatable bonds is 2. The smallest absolute Gasteiger partial charge is 0.424 e. The van der Waals surface area contributed by atoms with E-state index < -0.39 is 47.8 Å². The third-order valence-corrected chi connectivity index (χ3v) is 4.77. The number of primary amides is 1. The van der Waals surface area contributed by atoms with Crippen molar-refractivity contribution in [3.63, 3.8) is 0 Å². The number of ether oxygens (including phenoxy) is 2. The lowest BCUT2D eigenvalue weighted by Crippen LogP contribution is -2.57. The number of amides is 5. The summed E-state index contributed by atoms with van der Waals surface area (Å²) in [6, 6.07) is 10.00. The minimum atomic E-state index is -2.06. The average Bonchev–Trinajstić information content (AvgIpc) is 2.93. The van der Waals surface area contributed by atoms with Crippen LogP contribution in [0.2, 0.25) is 0 Å². The van der Waals surface area contributed by atoms with E-state index in [0.717, 1.165) is 12.1 Å². The number of nitrogens with two attached hydrogens (primary N) is 1. The molecule has 4 rings (SSSR count). The Bertz CT molecular complexity index is 1040. The fraction of sp³-hybridized carbons (Fsp3) is 0.158. The Morgan fingerprint density at radius 2 is 1.93 bits per heavy atom. The van der Waals surface area contributed by atoms with Crippen LogP contribution in [0.15, 0.2) is 48.5 Å². The van der Waals surface area contributed by atoms with E-state index in [2.05, 4.69) is 0 Å². The van der Waals surface area contributed by atoms with Crippen LogP contribution in [-0.4, -0.2) is 34.9 Å². The molecule has 2 unspecified atom stereocenters. The lowest BCUT2D eigenvalue weighted by molar-refractivity contribution is -0.133. The van der Waals surface area contributed by atoms with Gasteiger partial charge >= 0.3 is 12.1 Å². The second-order valence-corrected chi connectivity index (χ2v) is 6.49. The Labute approximate surface area is 163 Å². The van der Waals surface area contributed by atoms with Crippen LogP contribution in [-0.2, 0) is 15.1 Å². The van der Waals surface area contributed by atoms with Crippen LogP contribution in [0.5, 0.6) is 11.5 Å². The molecule has 2 aliphatic heterocycles. The van der Waals surface area contributed by atoms with Crippen molar-refractivity contribution in [1.29, 1.82) is 0 Å². The second-order valence-electron chi connectivity index (χ2n) is 6.49. The lowest BCUT2D eigenvalue weighted by atomic mass is 9.80. The molecule has 2 aromatic rings. The maximum Gasteiger partial charge on any atom is 0.424 e. The van der Waals surface area contributed by atoms with Crippen molar-refractivity contribution < 1.29 is 33.0 Å². The summed E-state index contributed by atoms with van der Waals surface area (Å²) in [5.74, 6) is -2.49. The van der Waals surface area contributed by atoms with E-state index in [1.165, 1.54) is 18.2 Å². The molecule has 0 saturated carbocycles. The molecule has 3 N–H and O–H groups in total. The topological polar surface area (TPSA) is 128 Å². The molecule has 1 spiro atoms. The summed E-state index contributed by atoms with van der Waals surface area (Å²) in [4.78, 5) is 50.5. The molecule has 29 heavy (non-hydrogen) atoms. The maximum atomic E-state index is 14.0. The van der Waals surface area contributed by atoms with Crippen LogP contribution in [0.4, 0.5) is 14.0 Å². The van der Waals surface area contributed by atoms with Crippen LogP contribution >= 0.6 is 0 Å². The third kappa shape index (κ3) is 2.85. The molecule has 2 heterocycles. The Kier molecular flexibility index (Phi) is 4.18. The van der Waals surface area contributed by atoms with E-state index >= 15 is 0 Å². The Morgan fingerprint density at radius 1 is 1.21 bits per heavy atom. The zero-order valence-electron chi connectivity index (χ0n) is 14.8. The highest BCUT2D eigenvalue weighted by Crippen LogP contribution is 2.46. The number of nitrogens with one attached hydrogen (secondary N) is 1. The van der Waals surface area contributed by atoms with Gasteiger partial charge in [0, 0.05) is 12.0 Å². The van der Waals surface area contributed by atoms with Gasteiger partial charge in [-0.15, -0.1) is 0 Å². The van der Waals surface area contributed by atoms with Gasteiger partial charge in [-0.3, -0.25) is 14.9 Å². The van der Waals surface area contributed by atoms with Gasteiger partial charge in [0.05, 0.1) is 0 Å². The summed E-state index contributed by atoms with van der Waals surface area (Å²) >= 11 is 0. The summed E-state index contributed by atoms with van der Waals surface area (Å²) < 4.78 is 24.6. The Morgan fingerprint density at radius 3 is 2.62 bits per heavy atom. The number of benzene rings is 2. The van der Waals surface area contributed by atoms with E-state index in [1.54, 1.807) is 18.2 Å². The number of urea groups is 1. The number of imide groups is 2. The van der Waals surface area contributed by atoms with Crippen molar-refractivity contribution in [3.8, 4) is 11.5 Å². The molecule has 0 radical (unpaired) electrons. The first-order valence-corrected chi connectivity index (χ1v) is 8.51. The Balaban J connectivity index is 1.85. The molecule has 2 aliphatic rings. The van der Waals surface area contributed by atoms with Crippen LogP contribution < -0.4 is 20.5 Å². The summed E-state index contributed by atoms with van der Waals surface area (Å²) in [5.41, 5.74) is 3.19. The molecule has 0 aliphatic carbocycles. The van der Waals surface area contributed by atoms with E-state index in [-0.39, 0.29) is 17.1 Å². The van der Waals surface area contributed by atoms with Crippen molar-refractivity contribution in [1.82, 2.24) is 10.2 Å². The Hall–Kier alpha value is -3.95. The molecule has 1 saturated heterocycles. The van der Waals surface area contributed by atoms with E-state index in [1.807, 2.05) is 5.32 Å². The lowest BCUT2D eigenvalue weighted by Gasteiger charge is -2.40. The summed E-state index contributed by atoms with van der Waals surface area (Å²) in [5, 5.41) is 2.03. The highest BCUT2D eigenvalue weighted by molar-refractivity contribution is 6.14. The van der Waals surface area contributed by atoms with Crippen molar-refractivity contribution in [2.45, 2.75) is 18.1 Å². The third-order valence-electron chi connectivity index (χ3n) is 4.77. The number of carbonyl (C=O) groups excluding carboxylic acids is 4. The largest absolute Gasteiger partial charge is 0.480 e. The molecule has 0 aromatic heterocycles.